The van der Waals surface area contributed by atoms with E-state index < -0.39 is 23.3 Å². The molecule has 0 bridgehead atoms. The highest BCUT2D eigenvalue weighted by molar-refractivity contribution is 7.83. The molecule has 0 aromatic rings. The molecule has 3 aliphatic rings. The van der Waals surface area contributed by atoms with Gasteiger partial charge in [0.2, 0.25) is 12.3 Å². The van der Waals surface area contributed by atoms with E-state index in [9.17, 15) is 31.0 Å². The molecule has 3 rings (SSSR count). The number of amides is 1. The van der Waals surface area contributed by atoms with E-state index in [0.29, 0.717) is 45.6 Å². The van der Waals surface area contributed by atoms with Gasteiger partial charge in [0, 0.05) is 63.4 Å². The molecule has 2 aliphatic heterocycles. The number of halogens is 5. The maximum atomic E-state index is 13.3. The number of hydrogen-bond donors (Lipinski definition) is 2. The molecule has 1 amide bonds. The topological polar surface area (TPSA) is 70.7 Å². The molecular weight excluding hydrogens is 722 g/mol. The predicted molar refractivity (Wildman–Crippen MR) is 221 cm³/mol. The van der Waals surface area contributed by atoms with E-state index in [0.717, 1.165) is 36.8 Å². The van der Waals surface area contributed by atoms with Gasteiger partial charge in [0.15, 0.2) is 0 Å². The second-order valence-corrected chi connectivity index (χ2v) is 13.2. The summed E-state index contributed by atoms with van der Waals surface area (Å²) in [6, 6.07) is -0.0236. The molecule has 2 unspecified atom stereocenters. The van der Waals surface area contributed by atoms with Crippen molar-refractivity contribution in [3.8, 4) is 0 Å². The van der Waals surface area contributed by atoms with Crippen LogP contribution in [0.4, 0.5) is 22.0 Å². The van der Waals surface area contributed by atoms with Gasteiger partial charge in [-0.1, -0.05) is 101 Å². The summed E-state index contributed by atoms with van der Waals surface area (Å²) >= 11 is 0. The van der Waals surface area contributed by atoms with Gasteiger partial charge in [-0.25, -0.2) is 26.5 Å². The van der Waals surface area contributed by atoms with Crippen LogP contribution >= 0.6 is 0 Å². The number of rotatable bonds is 13. The van der Waals surface area contributed by atoms with Gasteiger partial charge < -0.3 is 15.0 Å². The number of hydrogen-bond acceptors (Lipinski definition) is 4. The zero-order chi connectivity index (χ0) is 42.0. The first-order valence-electron chi connectivity index (χ1n) is 18.9. The van der Waals surface area contributed by atoms with E-state index >= 15 is 0 Å². The molecule has 6 nitrogen and oxygen atoms in total. The SMILES string of the molecule is C=C/C=C(\C=C/C)CNS(=O)CC=C.CC.CC(F)F.CC/C=C(/C)CC.CCC(=O)N[C@@H]1CCOC2=C1C=CC(CN1CCC(F)(F)CC1)C=C2.CF. The molecule has 1 saturated heterocycles. The molecule has 54 heavy (non-hydrogen) atoms. The highest BCUT2D eigenvalue weighted by atomic mass is 32.2. The van der Waals surface area contributed by atoms with Crippen LogP contribution in [0, 0.1) is 5.92 Å². The molecular formula is C42H70F5N3O3S. The Kier molecular flexibility index (Phi) is 36.4. The average molecular weight is 792 g/mol. The van der Waals surface area contributed by atoms with Gasteiger partial charge >= 0.3 is 0 Å². The molecule has 0 spiro atoms. The minimum atomic E-state index is -2.51. The largest absolute Gasteiger partial charge is 0.493 e. The molecule has 0 aromatic heterocycles. The summed E-state index contributed by atoms with van der Waals surface area (Å²) in [6.07, 6.45) is 20.9. The zero-order valence-electron chi connectivity index (χ0n) is 34.4. The Labute approximate surface area is 327 Å². The van der Waals surface area contributed by atoms with Crippen molar-refractivity contribution in [3.05, 3.63) is 96.4 Å². The van der Waals surface area contributed by atoms with Crippen LogP contribution in [0.3, 0.4) is 0 Å². The third-order valence-electron chi connectivity index (χ3n) is 7.58. The minimum Gasteiger partial charge on any atom is -0.493 e. The van der Waals surface area contributed by atoms with E-state index in [4.69, 9.17) is 4.74 Å². The molecule has 3 atom stereocenters. The first-order chi connectivity index (χ1) is 25.7. The molecule has 0 radical (unpaired) electrons. The molecule has 0 saturated carbocycles. The number of nitrogens with zero attached hydrogens (tertiary/aromatic N) is 1. The van der Waals surface area contributed by atoms with Crippen molar-refractivity contribution >= 4 is 16.9 Å². The number of likely N-dealkylation sites (tertiary alicyclic amines) is 1. The van der Waals surface area contributed by atoms with E-state index in [1.54, 1.807) is 12.2 Å². The average Bonchev–Trinajstić information content (AvgIpc) is 3.36. The van der Waals surface area contributed by atoms with Crippen molar-refractivity contribution in [1.29, 1.82) is 0 Å². The number of carbonyl (C=O) groups is 1. The van der Waals surface area contributed by atoms with Crippen LogP contribution < -0.4 is 10.0 Å². The molecule has 12 heteroatoms. The van der Waals surface area contributed by atoms with Crippen LogP contribution in [0.1, 0.15) is 93.9 Å². The summed E-state index contributed by atoms with van der Waals surface area (Å²) in [4.78, 5) is 13.8. The van der Waals surface area contributed by atoms with Crippen molar-refractivity contribution in [2.24, 2.45) is 5.92 Å². The van der Waals surface area contributed by atoms with Gasteiger partial charge in [0.05, 0.1) is 36.6 Å². The highest BCUT2D eigenvalue weighted by Crippen LogP contribution is 2.30. The lowest BCUT2D eigenvalue weighted by molar-refractivity contribution is -0.121. The first-order valence-corrected chi connectivity index (χ1v) is 20.2. The lowest BCUT2D eigenvalue weighted by Crippen LogP contribution is -2.41. The number of allylic oxidation sites excluding steroid dienone is 6. The van der Waals surface area contributed by atoms with Crippen molar-refractivity contribution < 1.29 is 35.7 Å². The molecule has 1 fully saturated rings. The summed E-state index contributed by atoms with van der Waals surface area (Å²) in [5, 5.41) is 3.05. The fourth-order valence-corrected chi connectivity index (χ4v) is 5.49. The smallest absolute Gasteiger partial charge is 0.250 e. The Bertz CT molecular complexity index is 1220. The number of piperidine rings is 1. The van der Waals surface area contributed by atoms with Crippen LogP contribution in [0.5, 0.6) is 0 Å². The zero-order valence-corrected chi connectivity index (χ0v) is 35.2. The maximum absolute atomic E-state index is 13.3. The van der Waals surface area contributed by atoms with E-state index in [2.05, 4.69) is 67.1 Å². The van der Waals surface area contributed by atoms with Crippen LogP contribution in [0.25, 0.3) is 0 Å². The Balaban J connectivity index is -0.000000756. The number of alkyl halides is 5. The Hall–Kier alpha value is -3.09. The summed E-state index contributed by atoms with van der Waals surface area (Å²) in [6.45, 7) is 25.0. The Morgan fingerprint density at radius 3 is 2.17 bits per heavy atom. The molecule has 0 aromatic carbocycles. The first kappa shape index (κ1) is 55.2. The van der Waals surface area contributed by atoms with Gasteiger partial charge in [-0.05, 0) is 45.3 Å². The maximum Gasteiger partial charge on any atom is 0.250 e. The van der Waals surface area contributed by atoms with E-state index in [1.807, 2.05) is 58.1 Å². The van der Waals surface area contributed by atoms with Crippen LogP contribution in [-0.2, 0) is 20.5 Å². The highest BCUT2D eigenvalue weighted by Gasteiger charge is 2.34. The summed E-state index contributed by atoms with van der Waals surface area (Å²) in [5.74, 6) is -1.05. The monoisotopic (exact) mass is 792 g/mol. The fourth-order valence-electron chi connectivity index (χ4n) is 4.83. The summed E-state index contributed by atoms with van der Waals surface area (Å²) in [7, 11) is -0.525. The standard InChI is InChI=1S/C19H26F2N2O2.C11H17NOS.C7H14.C2H4F2.C2H6.CH3F/c1-2-18(24)22-16-7-12-25-17-6-4-14(3-5-15(16)17)13-23-10-8-19(20,21)9-11-23;1-4-7-11(8-5-2)10-12-14(13)9-6-3;1-4-6-7(3)5-2;1-2(3)4;2*1-2/h3-6,14,16H,2,7-13H2,1H3,(H,22,24);4-8,12H,1,3,9-10H2,2H3;6H,4-5H2,1-3H3;2H,1H3;1-2H3;1H3/b;8-5-,11-7+;7-6-;;;/t14?,16-;;;;;/m1...../s1. The van der Waals surface area contributed by atoms with Gasteiger partial charge in [-0.3, -0.25) is 9.18 Å². The van der Waals surface area contributed by atoms with Gasteiger partial charge in [-0.2, -0.15) is 0 Å². The van der Waals surface area contributed by atoms with E-state index in [-0.39, 0.29) is 30.7 Å². The predicted octanol–water partition coefficient (Wildman–Crippen LogP) is 10.8. The number of carbonyl (C=O) groups excluding carboxylic acids is 1. The van der Waals surface area contributed by atoms with Crippen LogP contribution in [0.15, 0.2) is 96.4 Å². The second kappa shape index (κ2) is 35.6. The third kappa shape index (κ3) is 29.3. The molecule has 2 N–H and O–H groups in total. The van der Waals surface area contributed by atoms with Crippen molar-refractivity contribution in [3.63, 3.8) is 0 Å². The van der Waals surface area contributed by atoms with Gasteiger partial charge in [0.1, 0.15) is 5.76 Å². The lowest BCUT2D eigenvalue weighted by Gasteiger charge is -2.32. The van der Waals surface area contributed by atoms with Crippen molar-refractivity contribution in [2.75, 3.05) is 45.7 Å². The molecule has 312 valence electrons. The molecule has 1 aliphatic carbocycles. The third-order valence-corrected chi connectivity index (χ3v) is 8.59. The van der Waals surface area contributed by atoms with Crippen molar-refractivity contribution in [2.45, 2.75) is 112 Å². The van der Waals surface area contributed by atoms with Gasteiger partial charge in [0.25, 0.3) is 5.92 Å². The lowest BCUT2D eigenvalue weighted by atomic mass is 9.99. The number of ether oxygens (including phenoxy) is 1. The number of nitrogens with one attached hydrogen (secondary N) is 2. The van der Waals surface area contributed by atoms with E-state index in [1.165, 1.54) is 18.4 Å². The Morgan fingerprint density at radius 2 is 1.69 bits per heavy atom. The quantitative estimate of drug-likeness (QED) is 0.111. The normalized spacial score (nSPS) is 19.5. The fraction of sp³-hybridized carbons (Fsp3) is 0.595. The second-order valence-electron chi connectivity index (χ2n) is 11.9. The van der Waals surface area contributed by atoms with Crippen molar-refractivity contribution in [1.82, 2.24) is 14.9 Å². The Morgan fingerprint density at radius 1 is 1.09 bits per heavy atom. The van der Waals surface area contributed by atoms with Crippen LogP contribution in [-0.4, -0.2) is 79.1 Å². The summed E-state index contributed by atoms with van der Waals surface area (Å²) < 4.78 is 76.6. The summed E-state index contributed by atoms with van der Waals surface area (Å²) in [5.41, 5.74) is 3.55. The van der Waals surface area contributed by atoms with Crippen LogP contribution in [0.2, 0.25) is 0 Å². The van der Waals surface area contributed by atoms with Gasteiger partial charge in [-0.15, -0.1) is 6.58 Å². The minimum absolute atomic E-state index is 0.0236. The molecule has 2 heterocycles.